The van der Waals surface area contributed by atoms with Gasteiger partial charge < -0.3 is 20.1 Å². The molecule has 0 unspecified atom stereocenters. The molecule has 0 aliphatic carbocycles. The molecule has 1 fully saturated rings. The highest BCUT2D eigenvalue weighted by Crippen LogP contribution is 2.37. The number of hydrogen-bond acceptors (Lipinski definition) is 5. The van der Waals surface area contributed by atoms with Crippen molar-refractivity contribution in [3.63, 3.8) is 0 Å². The normalized spacial score (nSPS) is 14.7. The predicted octanol–water partition coefficient (Wildman–Crippen LogP) is 3.45. The van der Waals surface area contributed by atoms with Gasteiger partial charge in [-0.3, -0.25) is 4.90 Å². The average molecular weight is 422 g/mol. The van der Waals surface area contributed by atoms with Crippen LogP contribution in [0.4, 0.5) is 4.39 Å². The van der Waals surface area contributed by atoms with Crippen LogP contribution in [0.5, 0.6) is 11.5 Å². The SMILES string of the molecule is CCOc1cc(CNCCN2CCNCC2)cc(Cl)c1OCc1ccccc1F. The molecule has 29 heavy (non-hydrogen) atoms. The highest BCUT2D eigenvalue weighted by Gasteiger charge is 2.14. The maximum atomic E-state index is 13.9. The van der Waals surface area contributed by atoms with Gasteiger partial charge in [-0.05, 0) is 30.7 Å². The van der Waals surface area contributed by atoms with E-state index in [2.05, 4.69) is 15.5 Å². The number of nitrogens with one attached hydrogen (secondary N) is 2. The Morgan fingerprint density at radius 1 is 1.17 bits per heavy atom. The molecular formula is C22H29ClFN3O2. The predicted molar refractivity (Wildman–Crippen MR) is 114 cm³/mol. The Balaban J connectivity index is 1.58. The quantitative estimate of drug-likeness (QED) is 0.575. The largest absolute Gasteiger partial charge is 0.490 e. The van der Waals surface area contributed by atoms with Gasteiger partial charge in [0, 0.05) is 51.4 Å². The van der Waals surface area contributed by atoms with E-state index < -0.39 is 0 Å². The molecule has 1 heterocycles. The number of piperazine rings is 1. The number of ether oxygens (including phenoxy) is 2. The Hall–Kier alpha value is -1.86. The molecule has 1 aliphatic rings. The first-order valence-corrected chi connectivity index (χ1v) is 10.5. The number of nitrogens with zero attached hydrogens (tertiary/aromatic N) is 1. The molecule has 0 atom stereocenters. The number of benzene rings is 2. The molecule has 0 amide bonds. The van der Waals surface area contributed by atoms with Crippen molar-refractivity contribution < 1.29 is 13.9 Å². The van der Waals surface area contributed by atoms with Gasteiger partial charge in [-0.25, -0.2) is 4.39 Å². The molecule has 2 N–H and O–H groups in total. The fourth-order valence-corrected chi connectivity index (χ4v) is 3.58. The summed E-state index contributed by atoms with van der Waals surface area (Å²) in [7, 11) is 0. The minimum atomic E-state index is -0.299. The standard InChI is InChI=1S/C22H29ClFN3O2/c1-2-28-21-14-17(15-26-9-12-27-10-7-25-8-11-27)13-19(23)22(21)29-16-18-5-3-4-6-20(18)24/h3-6,13-14,25-26H,2,7-12,15-16H2,1H3. The first-order chi connectivity index (χ1) is 14.2. The van der Waals surface area contributed by atoms with Crippen LogP contribution in [0.2, 0.25) is 5.02 Å². The first kappa shape index (κ1) is 21.8. The third-order valence-corrected chi connectivity index (χ3v) is 5.12. The molecule has 5 nitrogen and oxygen atoms in total. The fraction of sp³-hybridized carbons (Fsp3) is 0.455. The topological polar surface area (TPSA) is 45.8 Å². The molecule has 158 valence electrons. The number of hydrogen-bond donors (Lipinski definition) is 2. The molecule has 2 aromatic carbocycles. The third kappa shape index (κ3) is 6.57. The smallest absolute Gasteiger partial charge is 0.180 e. The van der Waals surface area contributed by atoms with Crippen LogP contribution in [-0.2, 0) is 13.2 Å². The second kappa shape index (κ2) is 11.4. The highest BCUT2D eigenvalue weighted by atomic mass is 35.5. The van der Waals surface area contributed by atoms with Gasteiger partial charge in [0.25, 0.3) is 0 Å². The molecule has 7 heteroatoms. The van der Waals surface area contributed by atoms with Gasteiger partial charge in [0.2, 0.25) is 0 Å². The van der Waals surface area contributed by atoms with E-state index in [1.807, 2.05) is 19.1 Å². The van der Waals surface area contributed by atoms with Crippen LogP contribution in [0.3, 0.4) is 0 Å². The lowest BCUT2D eigenvalue weighted by Gasteiger charge is -2.27. The van der Waals surface area contributed by atoms with E-state index in [1.165, 1.54) is 6.07 Å². The minimum absolute atomic E-state index is 0.0920. The van der Waals surface area contributed by atoms with E-state index in [1.54, 1.807) is 18.2 Å². The molecule has 2 aromatic rings. The van der Waals surface area contributed by atoms with Crippen molar-refractivity contribution in [1.29, 1.82) is 0 Å². The zero-order chi connectivity index (χ0) is 20.5. The van der Waals surface area contributed by atoms with Crippen LogP contribution in [0, 0.1) is 5.82 Å². The van der Waals surface area contributed by atoms with Crippen molar-refractivity contribution in [3.05, 3.63) is 58.4 Å². The summed E-state index contributed by atoms with van der Waals surface area (Å²) in [4.78, 5) is 2.45. The Bertz CT molecular complexity index is 785. The summed E-state index contributed by atoms with van der Waals surface area (Å²) in [5.74, 6) is 0.725. The third-order valence-electron chi connectivity index (χ3n) is 4.84. The van der Waals surface area contributed by atoms with Crippen molar-refractivity contribution in [2.75, 3.05) is 45.9 Å². The molecule has 1 saturated heterocycles. The van der Waals surface area contributed by atoms with Crippen molar-refractivity contribution >= 4 is 11.6 Å². The van der Waals surface area contributed by atoms with Crippen LogP contribution in [0.25, 0.3) is 0 Å². The monoisotopic (exact) mass is 421 g/mol. The Labute approximate surface area is 177 Å². The molecular weight excluding hydrogens is 393 g/mol. The van der Waals surface area contributed by atoms with Gasteiger partial charge in [-0.1, -0.05) is 29.8 Å². The summed E-state index contributed by atoms with van der Waals surface area (Å²) in [6.45, 7) is 9.42. The summed E-state index contributed by atoms with van der Waals surface area (Å²) < 4.78 is 25.4. The first-order valence-electron chi connectivity index (χ1n) is 10.1. The van der Waals surface area contributed by atoms with Crippen molar-refractivity contribution in [2.45, 2.75) is 20.1 Å². The van der Waals surface area contributed by atoms with Crippen molar-refractivity contribution in [2.24, 2.45) is 0 Å². The molecule has 0 bridgehead atoms. The van der Waals surface area contributed by atoms with E-state index in [-0.39, 0.29) is 12.4 Å². The van der Waals surface area contributed by atoms with Crippen molar-refractivity contribution in [1.82, 2.24) is 15.5 Å². The Morgan fingerprint density at radius 3 is 2.72 bits per heavy atom. The Kier molecular flexibility index (Phi) is 8.55. The molecule has 1 aliphatic heterocycles. The Morgan fingerprint density at radius 2 is 1.97 bits per heavy atom. The highest BCUT2D eigenvalue weighted by molar-refractivity contribution is 6.32. The van der Waals surface area contributed by atoms with Gasteiger partial charge in [-0.15, -0.1) is 0 Å². The maximum absolute atomic E-state index is 13.9. The lowest BCUT2D eigenvalue weighted by atomic mass is 10.2. The van der Waals surface area contributed by atoms with Crippen LogP contribution in [-0.4, -0.2) is 50.8 Å². The second-order valence-electron chi connectivity index (χ2n) is 6.99. The van der Waals surface area contributed by atoms with Crippen LogP contribution in [0.1, 0.15) is 18.1 Å². The van der Waals surface area contributed by atoms with E-state index in [9.17, 15) is 4.39 Å². The van der Waals surface area contributed by atoms with Gasteiger partial charge in [0.1, 0.15) is 12.4 Å². The number of halogens is 2. The number of rotatable bonds is 10. The van der Waals surface area contributed by atoms with Gasteiger partial charge in [-0.2, -0.15) is 0 Å². The lowest BCUT2D eigenvalue weighted by molar-refractivity contribution is 0.241. The summed E-state index contributed by atoms with van der Waals surface area (Å²) in [5.41, 5.74) is 1.50. The van der Waals surface area contributed by atoms with E-state index in [4.69, 9.17) is 21.1 Å². The second-order valence-corrected chi connectivity index (χ2v) is 7.39. The summed E-state index contributed by atoms with van der Waals surface area (Å²) in [6, 6.07) is 10.4. The molecule has 0 radical (unpaired) electrons. The lowest BCUT2D eigenvalue weighted by Crippen LogP contribution is -2.45. The van der Waals surface area contributed by atoms with E-state index in [0.29, 0.717) is 35.2 Å². The molecule has 0 aromatic heterocycles. The van der Waals surface area contributed by atoms with Crippen molar-refractivity contribution in [3.8, 4) is 11.5 Å². The summed E-state index contributed by atoms with van der Waals surface area (Å²) >= 11 is 6.47. The summed E-state index contributed by atoms with van der Waals surface area (Å²) in [6.07, 6.45) is 0. The minimum Gasteiger partial charge on any atom is -0.490 e. The van der Waals surface area contributed by atoms with Gasteiger partial charge >= 0.3 is 0 Å². The average Bonchev–Trinajstić information content (AvgIpc) is 2.73. The van der Waals surface area contributed by atoms with Crippen LogP contribution < -0.4 is 20.1 Å². The fourth-order valence-electron chi connectivity index (χ4n) is 3.30. The molecule has 0 spiro atoms. The van der Waals surface area contributed by atoms with Gasteiger partial charge in [0.05, 0.1) is 11.6 Å². The zero-order valence-corrected chi connectivity index (χ0v) is 17.6. The van der Waals surface area contributed by atoms with E-state index in [0.717, 1.165) is 44.8 Å². The van der Waals surface area contributed by atoms with Crippen LogP contribution >= 0.6 is 11.6 Å². The van der Waals surface area contributed by atoms with Gasteiger partial charge in [0.15, 0.2) is 11.5 Å². The zero-order valence-electron chi connectivity index (χ0n) is 16.8. The molecule has 3 rings (SSSR count). The maximum Gasteiger partial charge on any atom is 0.180 e. The van der Waals surface area contributed by atoms with E-state index >= 15 is 0 Å². The molecule has 0 saturated carbocycles. The van der Waals surface area contributed by atoms with Crippen LogP contribution in [0.15, 0.2) is 36.4 Å². The summed E-state index contributed by atoms with van der Waals surface area (Å²) in [5, 5.41) is 7.29.